The summed E-state index contributed by atoms with van der Waals surface area (Å²) in [6.45, 7) is 8.21. The molecular weight excluding hydrogens is 1020 g/mol. The Kier molecular flexibility index (Phi) is 37.1. The molecule has 0 fully saturated rings. The Morgan fingerprint density at radius 1 is 0.432 bits per heavy atom. The van der Waals surface area contributed by atoms with Crippen molar-refractivity contribution >= 4 is 35.7 Å². The highest BCUT2D eigenvalue weighted by molar-refractivity contribution is 5.82. The van der Waals surface area contributed by atoms with Crippen molar-refractivity contribution in [1.82, 2.24) is 9.80 Å². The maximum Gasteiger partial charge on any atom is 0.490 e. The van der Waals surface area contributed by atoms with Gasteiger partial charge in [0.1, 0.15) is 0 Å². The quantitative estimate of drug-likeness (QED) is 0.0341. The monoisotopic (exact) mass is 1090 g/mol. The normalized spacial score (nSPS) is 12.1. The lowest BCUT2D eigenvalue weighted by atomic mass is 10.0. The molecule has 0 radical (unpaired) electrons. The summed E-state index contributed by atoms with van der Waals surface area (Å²) < 4.78 is 127. The number of nitrogens with zero attached hydrogens (tertiary/aromatic N) is 2. The first-order valence-electron chi connectivity index (χ1n) is 23.0. The van der Waals surface area contributed by atoms with E-state index in [1.54, 1.807) is 0 Å². The van der Waals surface area contributed by atoms with Crippen molar-refractivity contribution in [2.75, 3.05) is 26.2 Å². The van der Waals surface area contributed by atoms with Crippen LogP contribution in [0.5, 0.6) is 0 Å². The maximum absolute atomic E-state index is 13.3. The number of aliphatic carboxylic acids is 4. The van der Waals surface area contributed by atoms with Gasteiger partial charge in [0, 0.05) is 26.2 Å². The summed E-state index contributed by atoms with van der Waals surface area (Å²) in [4.78, 5) is 66.0. The SMILES string of the molecule is CCCCCCN(Cc1ccc(-c2ccc(CN(CCCCCC)C(=O)[C@@H](N)CCCCN)cc2)cc1)C(=O)[C@@H](N)CCCCN.O=C(O)C(F)(F)F.O=C(O)C(F)(F)F.O=C(O)C(F)(F)F.O=C(O)C(F)(F)F. The summed E-state index contributed by atoms with van der Waals surface area (Å²) in [5, 5.41) is 28.5. The molecule has 0 aromatic heterocycles. The zero-order valence-electron chi connectivity index (χ0n) is 40.9. The minimum absolute atomic E-state index is 0.0302. The Balaban J connectivity index is -0.00000145. The average molecular weight is 1090 g/mol. The second-order valence-electron chi connectivity index (χ2n) is 16.0. The van der Waals surface area contributed by atoms with Crippen LogP contribution in [0.4, 0.5) is 52.7 Å². The number of benzene rings is 2. The van der Waals surface area contributed by atoms with Gasteiger partial charge in [-0.3, -0.25) is 9.59 Å². The Labute approximate surface area is 420 Å². The molecule has 0 saturated carbocycles. The molecule has 0 spiro atoms. The van der Waals surface area contributed by atoms with E-state index in [-0.39, 0.29) is 11.8 Å². The lowest BCUT2D eigenvalue weighted by Gasteiger charge is -2.26. The standard InChI is InChI=1S/C38H64N6O2.4C2HF3O2/c1-3-5-7-13-27-43(37(45)35(41)15-9-11-25-39)29-31-17-21-33(22-18-31)34-23-19-32(20-24-34)30-44(28-14-8-6-4-2)38(46)36(42)16-10-12-26-40;4*3-2(4,5)1(6)7/h17-24,35-36H,3-16,25-30,39-42H2,1-2H3;4*(H,6,7)/t35-,36-;;;;/m0..../s1. The smallest absolute Gasteiger partial charge is 0.475 e. The molecule has 2 aromatic carbocycles. The van der Waals surface area contributed by atoms with E-state index in [1.165, 1.54) is 12.8 Å². The predicted molar refractivity (Wildman–Crippen MR) is 248 cm³/mol. The molecule has 0 aliphatic rings. The number of rotatable bonds is 25. The van der Waals surface area contributed by atoms with Gasteiger partial charge in [-0.1, -0.05) is 114 Å². The van der Waals surface area contributed by atoms with Gasteiger partial charge >= 0.3 is 48.6 Å². The van der Waals surface area contributed by atoms with Crippen LogP contribution in [-0.4, -0.2) is 129 Å². The number of nitrogens with two attached hydrogens (primary N) is 4. The van der Waals surface area contributed by atoms with Crippen LogP contribution in [0.3, 0.4) is 0 Å². The molecular formula is C46H68F12N6O10. The minimum Gasteiger partial charge on any atom is -0.475 e. The zero-order valence-corrected chi connectivity index (χ0v) is 40.9. The number of amides is 2. The zero-order chi connectivity index (χ0) is 57.9. The van der Waals surface area contributed by atoms with Crippen LogP contribution < -0.4 is 22.9 Å². The van der Waals surface area contributed by atoms with Crippen LogP contribution in [0, 0.1) is 0 Å². The summed E-state index contributed by atoms with van der Waals surface area (Å²) >= 11 is 0. The summed E-state index contributed by atoms with van der Waals surface area (Å²) in [6, 6.07) is 16.0. The van der Waals surface area contributed by atoms with Crippen molar-refractivity contribution in [3.8, 4) is 11.1 Å². The number of hydrogen-bond donors (Lipinski definition) is 8. The third-order valence-corrected chi connectivity index (χ3v) is 9.72. The number of hydrogen-bond acceptors (Lipinski definition) is 10. The first-order valence-corrected chi connectivity index (χ1v) is 23.0. The summed E-state index contributed by atoms with van der Waals surface area (Å²) in [6.07, 6.45) is -6.60. The fraction of sp³-hybridized carbons (Fsp3) is 0.609. The van der Waals surface area contributed by atoms with E-state index < -0.39 is 60.7 Å². The fourth-order valence-corrected chi connectivity index (χ4v) is 5.77. The van der Waals surface area contributed by atoms with Crippen molar-refractivity contribution in [3.05, 3.63) is 59.7 Å². The molecule has 0 unspecified atom stereocenters. The molecule has 74 heavy (non-hydrogen) atoms. The Hall–Kier alpha value is -5.74. The maximum atomic E-state index is 13.3. The molecule has 12 N–H and O–H groups in total. The van der Waals surface area contributed by atoms with Crippen LogP contribution in [0.2, 0.25) is 0 Å². The highest BCUT2D eigenvalue weighted by atomic mass is 19.4. The van der Waals surface area contributed by atoms with Gasteiger partial charge in [-0.05, 0) is 73.9 Å². The molecule has 16 nitrogen and oxygen atoms in total. The third kappa shape index (κ3) is 36.2. The minimum atomic E-state index is -5.08. The van der Waals surface area contributed by atoms with Gasteiger partial charge in [-0.25, -0.2) is 19.2 Å². The largest absolute Gasteiger partial charge is 0.490 e. The summed E-state index contributed by atoms with van der Waals surface area (Å²) in [5.41, 5.74) is 28.3. The Bertz CT molecular complexity index is 1720. The number of carbonyl (C=O) groups is 6. The van der Waals surface area contributed by atoms with Gasteiger partial charge in [-0.2, -0.15) is 52.7 Å². The van der Waals surface area contributed by atoms with Crippen molar-refractivity contribution in [1.29, 1.82) is 0 Å². The number of carboxylic acids is 4. The van der Waals surface area contributed by atoms with Crippen LogP contribution >= 0.6 is 0 Å². The lowest BCUT2D eigenvalue weighted by Crippen LogP contribution is -2.43. The van der Waals surface area contributed by atoms with Gasteiger partial charge in [0.2, 0.25) is 11.8 Å². The molecule has 0 aliphatic heterocycles. The van der Waals surface area contributed by atoms with Gasteiger partial charge in [0.25, 0.3) is 0 Å². The van der Waals surface area contributed by atoms with E-state index in [0.717, 1.165) is 99.6 Å². The molecule has 2 rings (SSSR count). The van der Waals surface area contributed by atoms with Crippen LogP contribution in [0.15, 0.2) is 48.5 Å². The van der Waals surface area contributed by atoms with E-state index in [0.29, 0.717) is 39.0 Å². The van der Waals surface area contributed by atoms with E-state index in [4.69, 9.17) is 62.5 Å². The molecule has 0 bridgehead atoms. The van der Waals surface area contributed by atoms with Crippen molar-refractivity contribution < 1.29 is 102 Å². The first-order chi connectivity index (χ1) is 34.1. The van der Waals surface area contributed by atoms with Gasteiger partial charge in [0.15, 0.2) is 0 Å². The molecule has 2 amide bonds. The average Bonchev–Trinajstić information content (AvgIpc) is 3.30. The van der Waals surface area contributed by atoms with Crippen molar-refractivity contribution in [2.45, 2.75) is 154 Å². The number of halogens is 12. The Morgan fingerprint density at radius 3 is 0.878 bits per heavy atom. The third-order valence-electron chi connectivity index (χ3n) is 9.72. The van der Waals surface area contributed by atoms with Gasteiger partial charge in [-0.15, -0.1) is 0 Å². The number of carboxylic acid groups (broad SMARTS) is 4. The molecule has 0 heterocycles. The van der Waals surface area contributed by atoms with Crippen molar-refractivity contribution in [3.63, 3.8) is 0 Å². The first kappa shape index (κ1) is 72.5. The second-order valence-corrected chi connectivity index (χ2v) is 16.0. The molecule has 0 saturated heterocycles. The molecule has 426 valence electrons. The fourth-order valence-electron chi connectivity index (χ4n) is 5.77. The molecule has 2 atom stereocenters. The topological polar surface area (TPSA) is 294 Å². The second kappa shape index (κ2) is 37.9. The van der Waals surface area contributed by atoms with Crippen LogP contribution in [-0.2, 0) is 41.9 Å². The van der Waals surface area contributed by atoms with E-state index >= 15 is 0 Å². The lowest BCUT2D eigenvalue weighted by molar-refractivity contribution is -0.193. The molecule has 2 aromatic rings. The highest BCUT2D eigenvalue weighted by Gasteiger charge is 2.40. The van der Waals surface area contributed by atoms with E-state index in [1.807, 2.05) is 9.80 Å². The molecule has 28 heteroatoms. The predicted octanol–water partition coefficient (Wildman–Crippen LogP) is 8.62. The van der Waals surface area contributed by atoms with Crippen molar-refractivity contribution in [2.24, 2.45) is 22.9 Å². The summed E-state index contributed by atoms with van der Waals surface area (Å²) in [7, 11) is 0. The Morgan fingerprint density at radius 2 is 0.676 bits per heavy atom. The van der Waals surface area contributed by atoms with E-state index in [9.17, 15) is 62.3 Å². The van der Waals surface area contributed by atoms with Crippen LogP contribution in [0.25, 0.3) is 11.1 Å². The molecule has 0 aliphatic carbocycles. The van der Waals surface area contributed by atoms with Crippen LogP contribution in [0.1, 0.15) is 115 Å². The summed E-state index contributed by atoms with van der Waals surface area (Å²) in [5.74, 6) is -11.0. The number of carbonyl (C=O) groups excluding carboxylic acids is 2. The number of unbranched alkanes of at least 4 members (excludes halogenated alkanes) is 8. The highest BCUT2D eigenvalue weighted by Crippen LogP contribution is 2.23. The van der Waals surface area contributed by atoms with E-state index in [2.05, 4.69) is 62.4 Å². The van der Waals surface area contributed by atoms with Gasteiger partial charge in [0.05, 0.1) is 12.1 Å². The van der Waals surface area contributed by atoms with Gasteiger partial charge < -0.3 is 53.2 Å². The number of alkyl halides is 12.